The molecule has 4 aliphatic rings. The van der Waals surface area contributed by atoms with E-state index >= 15 is 8.78 Å². The summed E-state index contributed by atoms with van der Waals surface area (Å²) >= 11 is 4.09. The Morgan fingerprint density at radius 3 is 2.53 bits per heavy atom. The average Bonchev–Trinajstić information content (AvgIpc) is 2.93. The average molecular weight is 469 g/mol. The Morgan fingerprint density at radius 2 is 1.94 bits per heavy atom. The van der Waals surface area contributed by atoms with E-state index in [1.54, 1.807) is 20.8 Å². The van der Waals surface area contributed by atoms with Crippen molar-refractivity contribution in [3.05, 3.63) is 23.8 Å². The fraction of sp³-hybridized carbons (Fsp3) is 0.708. The maximum absolute atomic E-state index is 17.1. The summed E-state index contributed by atoms with van der Waals surface area (Å²) in [6.07, 6.45) is 0.619. The molecule has 5 nitrogen and oxygen atoms in total. The van der Waals surface area contributed by atoms with Crippen molar-refractivity contribution in [2.45, 2.75) is 76.9 Å². The summed E-state index contributed by atoms with van der Waals surface area (Å²) < 4.78 is 38.3. The van der Waals surface area contributed by atoms with Gasteiger partial charge in [0, 0.05) is 29.1 Å². The zero-order valence-corrected chi connectivity index (χ0v) is 19.6. The molecule has 0 saturated heterocycles. The Kier molecular flexibility index (Phi) is 5.33. The monoisotopic (exact) mass is 468 g/mol. The molecule has 9 atom stereocenters. The molecule has 0 radical (unpaired) electrons. The molecule has 0 heterocycles. The number of ether oxygens (including phenoxy) is 1. The van der Waals surface area contributed by atoms with Crippen molar-refractivity contribution in [2.75, 3.05) is 0 Å². The molecule has 0 aliphatic heterocycles. The van der Waals surface area contributed by atoms with Gasteiger partial charge in [-0.1, -0.05) is 26.8 Å². The molecule has 1 N–H and O–H groups in total. The van der Waals surface area contributed by atoms with Crippen LogP contribution in [0.2, 0.25) is 0 Å². The molecular weight excluding hydrogens is 438 g/mol. The van der Waals surface area contributed by atoms with Crippen molar-refractivity contribution in [3.63, 3.8) is 0 Å². The van der Waals surface area contributed by atoms with Gasteiger partial charge in [-0.3, -0.25) is 14.4 Å². The van der Waals surface area contributed by atoms with E-state index in [1.807, 2.05) is 0 Å². The van der Waals surface area contributed by atoms with Crippen LogP contribution in [-0.4, -0.2) is 45.5 Å². The molecule has 3 saturated carbocycles. The van der Waals surface area contributed by atoms with E-state index in [2.05, 4.69) is 12.6 Å². The predicted octanol–water partition coefficient (Wildman–Crippen LogP) is 3.70. The molecule has 0 aromatic carbocycles. The molecule has 32 heavy (non-hydrogen) atoms. The van der Waals surface area contributed by atoms with Gasteiger partial charge in [0.25, 0.3) is 0 Å². The summed E-state index contributed by atoms with van der Waals surface area (Å²) in [5.74, 6) is -2.94. The number of carbonyl (C=O) groups excluding carboxylic acids is 3. The number of aliphatic hydroxyl groups excluding tert-OH is 1. The first-order valence-corrected chi connectivity index (χ1v) is 11.7. The van der Waals surface area contributed by atoms with Gasteiger partial charge in [0.15, 0.2) is 17.1 Å². The Labute approximate surface area is 192 Å². The van der Waals surface area contributed by atoms with Crippen LogP contribution in [-0.2, 0) is 19.1 Å². The smallest absolute Gasteiger partial charge is 0.306 e. The van der Waals surface area contributed by atoms with E-state index in [4.69, 9.17) is 4.74 Å². The number of hydrogen-bond acceptors (Lipinski definition) is 5. The van der Waals surface area contributed by atoms with Gasteiger partial charge in [0.2, 0.25) is 5.12 Å². The quantitative estimate of drug-likeness (QED) is 0.488. The fourth-order valence-electron chi connectivity index (χ4n) is 7.49. The van der Waals surface area contributed by atoms with Crippen molar-refractivity contribution in [1.29, 1.82) is 0 Å². The summed E-state index contributed by atoms with van der Waals surface area (Å²) in [6.45, 7) is 6.62. The summed E-state index contributed by atoms with van der Waals surface area (Å²) in [5.41, 5.74) is -6.46. The molecule has 176 valence electrons. The summed E-state index contributed by atoms with van der Waals surface area (Å²) in [6, 6.07) is 0. The second kappa shape index (κ2) is 7.23. The molecule has 0 aromatic rings. The van der Waals surface area contributed by atoms with Gasteiger partial charge in [-0.2, -0.15) is 0 Å². The second-order valence-corrected chi connectivity index (χ2v) is 10.8. The van der Waals surface area contributed by atoms with E-state index in [0.29, 0.717) is 6.42 Å². The molecule has 4 rings (SSSR count). The number of carbonyl (C=O) groups is 3. The standard InChI is InChI=1S/C24H30F2O5S/c1-5-19(29)31-24(20(30)32)12(2)8-14-15-10-17(25)16-9-13(27)6-7-21(16,3)23(15,26)18(28)11-22(14,24)4/h6-7,9,12,14-15,17-18,28H,5,8,10-11H2,1-4H3,(H,30,32)/t12-,14?,15?,17+,18?,21?,22+,23+,24+/m1/s1. The number of thiol groups is 1. The van der Waals surface area contributed by atoms with E-state index in [9.17, 15) is 19.5 Å². The third-order valence-corrected chi connectivity index (χ3v) is 9.38. The zero-order valence-electron chi connectivity index (χ0n) is 18.7. The maximum atomic E-state index is 17.1. The van der Waals surface area contributed by atoms with Crippen LogP contribution < -0.4 is 0 Å². The number of alkyl halides is 2. The molecule has 8 heteroatoms. The molecular formula is C24H30F2O5S. The van der Waals surface area contributed by atoms with Crippen molar-refractivity contribution in [3.8, 4) is 0 Å². The SMILES string of the molecule is CCC(=O)O[C@]1(C(=O)S)[C@H](C)CC2C3C[C@H](F)C4=CC(=O)C=CC4(C)[C@@]3(F)C(O)C[C@@]21C. The highest BCUT2D eigenvalue weighted by atomic mass is 32.1. The summed E-state index contributed by atoms with van der Waals surface area (Å²) in [7, 11) is 0. The first-order chi connectivity index (χ1) is 14.8. The topological polar surface area (TPSA) is 80.7 Å². The lowest BCUT2D eigenvalue weighted by Crippen LogP contribution is -2.70. The highest BCUT2D eigenvalue weighted by Gasteiger charge is 2.77. The van der Waals surface area contributed by atoms with E-state index in [-0.39, 0.29) is 24.8 Å². The number of aliphatic hydroxyl groups is 1. The lowest BCUT2D eigenvalue weighted by Gasteiger charge is -2.63. The number of fused-ring (bicyclic) bond motifs is 5. The molecule has 0 amide bonds. The highest BCUT2D eigenvalue weighted by Crippen LogP contribution is 2.71. The Morgan fingerprint density at radius 1 is 1.28 bits per heavy atom. The van der Waals surface area contributed by atoms with Crippen LogP contribution in [0.25, 0.3) is 0 Å². The molecule has 0 aromatic heterocycles. The van der Waals surface area contributed by atoms with Gasteiger partial charge in [0.1, 0.15) is 6.17 Å². The van der Waals surface area contributed by atoms with Crippen molar-refractivity contribution in [1.82, 2.24) is 0 Å². The van der Waals surface area contributed by atoms with Crippen LogP contribution in [0, 0.1) is 28.6 Å². The Balaban J connectivity index is 1.87. The van der Waals surface area contributed by atoms with Gasteiger partial charge in [-0.05, 0) is 49.8 Å². The van der Waals surface area contributed by atoms with Crippen LogP contribution in [0.3, 0.4) is 0 Å². The van der Waals surface area contributed by atoms with Gasteiger partial charge >= 0.3 is 5.97 Å². The molecule has 4 aliphatic carbocycles. The molecule has 3 fully saturated rings. The molecule has 0 spiro atoms. The minimum absolute atomic E-state index is 0.0476. The number of halogens is 2. The fourth-order valence-corrected chi connectivity index (χ4v) is 8.01. The van der Waals surface area contributed by atoms with Crippen molar-refractivity contribution in [2.24, 2.45) is 28.6 Å². The minimum Gasteiger partial charge on any atom is -0.449 e. The number of allylic oxidation sites excluding steroid dienone is 4. The molecule has 4 unspecified atom stereocenters. The first kappa shape index (κ1) is 23.6. The summed E-state index contributed by atoms with van der Waals surface area (Å²) in [4.78, 5) is 37.2. The number of ketones is 1. The normalized spacial score (nSPS) is 49.6. The third-order valence-electron chi connectivity index (χ3n) is 9.05. The van der Waals surface area contributed by atoms with Gasteiger partial charge in [0.05, 0.1) is 6.10 Å². The third kappa shape index (κ3) is 2.62. The maximum Gasteiger partial charge on any atom is 0.306 e. The Hall–Kier alpha value is -1.54. The number of rotatable bonds is 3. The van der Waals surface area contributed by atoms with Crippen LogP contribution in [0.1, 0.15) is 53.4 Å². The van der Waals surface area contributed by atoms with Crippen LogP contribution in [0.4, 0.5) is 8.78 Å². The van der Waals surface area contributed by atoms with E-state index < -0.39 is 69.0 Å². The second-order valence-electron chi connectivity index (χ2n) is 10.4. The highest BCUT2D eigenvalue weighted by molar-refractivity contribution is 7.96. The largest absolute Gasteiger partial charge is 0.449 e. The number of esters is 1. The van der Waals surface area contributed by atoms with Crippen molar-refractivity contribution < 1.29 is 33.0 Å². The Bertz CT molecular complexity index is 949. The number of hydrogen-bond donors (Lipinski definition) is 2. The van der Waals surface area contributed by atoms with Gasteiger partial charge < -0.3 is 9.84 Å². The van der Waals surface area contributed by atoms with Gasteiger partial charge in [-0.25, -0.2) is 8.78 Å². The van der Waals surface area contributed by atoms with Crippen molar-refractivity contribution >= 4 is 29.5 Å². The van der Waals surface area contributed by atoms with Gasteiger partial charge in [-0.15, -0.1) is 12.6 Å². The predicted molar refractivity (Wildman–Crippen MR) is 116 cm³/mol. The van der Waals surface area contributed by atoms with E-state index in [0.717, 1.165) is 6.08 Å². The summed E-state index contributed by atoms with van der Waals surface area (Å²) in [5, 5.41) is 10.7. The zero-order chi connectivity index (χ0) is 23.9. The minimum atomic E-state index is -2.24. The molecule has 0 bridgehead atoms. The van der Waals surface area contributed by atoms with Crippen LogP contribution in [0.15, 0.2) is 23.8 Å². The van der Waals surface area contributed by atoms with E-state index in [1.165, 1.54) is 19.1 Å². The van der Waals surface area contributed by atoms with Crippen LogP contribution >= 0.6 is 12.6 Å². The lowest BCUT2D eigenvalue weighted by atomic mass is 9.44. The lowest BCUT2D eigenvalue weighted by molar-refractivity contribution is -0.228. The van der Waals surface area contributed by atoms with Crippen LogP contribution in [0.5, 0.6) is 0 Å². The first-order valence-electron chi connectivity index (χ1n) is 11.2.